The van der Waals surface area contributed by atoms with Gasteiger partial charge in [-0.2, -0.15) is 0 Å². The summed E-state index contributed by atoms with van der Waals surface area (Å²) in [6.45, 7) is 3.52. The number of likely N-dealkylation sites (tertiary alicyclic amines) is 1. The molecule has 1 unspecified atom stereocenters. The van der Waals surface area contributed by atoms with Gasteiger partial charge in [0.05, 0.1) is 17.5 Å². The van der Waals surface area contributed by atoms with Crippen molar-refractivity contribution in [2.45, 2.75) is 43.6 Å². The second-order valence-corrected chi connectivity index (χ2v) is 10.3. The summed E-state index contributed by atoms with van der Waals surface area (Å²) in [5, 5.41) is 6.33. The predicted molar refractivity (Wildman–Crippen MR) is 142 cm³/mol. The molecule has 0 bridgehead atoms. The summed E-state index contributed by atoms with van der Waals surface area (Å²) in [6, 6.07) is 20.4. The van der Waals surface area contributed by atoms with Gasteiger partial charge in [-0.1, -0.05) is 54.1 Å². The molecule has 1 saturated heterocycles. The van der Waals surface area contributed by atoms with Gasteiger partial charge in [0, 0.05) is 23.7 Å². The van der Waals surface area contributed by atoms with Gasteiger partial charge in [0.15, 0.2) is 0 Å². The molecule has 2 aromatic carbocycles. The number of hydrogen-bond acceptors (Lipinski definition) is 4. The Morgan fingerprint density at radius 3 is 2.33 bits per heavy atom. The highest BCUT2D eigenvalue weighted by Gasteiger charge is 2.45. The molecule has 7 heteroatoms. The smallest absolute Gasteiger partial charge is 0.251 e. The Bertz CT molecular complexity index is 1190. The number of halogens is 1. The number of hydrogen-bond donors (Lipinski definition) is 2. The summed E-state index contributed by atoms with van der Waals surface area (Å²) in [6.07, 6.45) is 6.58. The quantitative estimate of drug-likeness (QED) is 0.413. The van der Waals surface area contributed by atoms with E-state index in [0.717, 1.165) is 12.1 Å². The molecule has 2 aliphatic rings. The van der Waals surface area contributed by atoms with E-state index in [1.54, 1.807) is 12.1 Å². The molecule has 186 valence electrons. The Kier molecular flexibility index (Phi) is 7.35. The summed E-state index contributed by atoms with van der Waals surface area (Å²) in [7, 11) is 0. The van der Waals surface area contributed by atoms with E-state index >= 15 is 0 Å². The zero-order valence-electron chi connectivity index (χ0n) is 20.3. The number of rotatable bonds is 9. The Labute approximate surface area is 217 Å². The molecule has 5 rings (SSSR count). The van der Waals surface area contributed by atoms with E-state index in [0.29, 0.717) is 16.4 Å². The van der Waals surface area contributed by atoms with Gasteiger partial charge in [0.2, 0.25) is 5.91 Å². The van der Waals surface area contributed by atoms with Gasteiger partial charge in [-0.25, -0.2) is 4.98 Å². The van der Waals surface area contributed by atoms with Crippen molar-refractivity contribution >= 4 is 29.2 Å². The lowest BCUT2D eigenvalue weighted by Crippen LogP contribution is -2.32. The molecule has 2 amide bonds. The van der Waals surface area contributed by atoms with Crippen LogP contribution in [0.4, 0.5) is 5.82 Å². The third kappa shape index (κ3) is 5.94. The molecule has 2 fully saturated rings. The molecule has 0 spiro atoms. The Morgan fingerprint density at radius 1 is 0.972 bits per heavy atom. The normalized spacial score (nSPS) is 17.4. The molecule has 0 radical (unpaired) electrons. The van der Waals surface area contributed by atoms with Crippen LogP contribution in [0.2, 0.25) is 5.02 Å². The van der Waals surface area contributed by atoms with Crippen molar-refractivity contribution in [1.82, 2.24) is 15.2 Å². The van der Waals surface area contributed by atoms with Crippen LogP contribution in [0.3, 0.4) is 0 Å². The monoisotopic (exact) mass is 502 g/mol. The van der Waals surface area contributed by atoms with Crippen molar-refractivity contribution < 1.29 is 9.59 Å². The van der Waals surface area contributed by atoms with E-state index in [1.165, 1.54) is 50.5 Å². The number of pyridine rings is 1. The first kappa shape index (κ1) is 24.5. The van der Waals surface area contributed by atoms with Crippen molar-refractivity contribution in [3.63, 3.8) is 0 Å². The molecular weight excluding hydrogens is 472 g/mol. The number of nitrogens with one attached hydrogen (secondary N) is 2. The van der Waals surface area contributed by atoms with Gasteiger partial charge in [-0.15, -0.1) is 0 Å². The second-order valence-electron chi connectivity index (χ2n) is 9.89. The minimum atomic E-state index is -0.476. The van der Waals surface area contributed by atoms with E-state index in [-0.39, 0.29) is 23.7 Å². The maximum atomic E-state index is 13.2. The number of benzene rings is 2. The predicted octanol–water partition coefficient (Wildman–Crippen LogP) is 5.36. The van der Waals surface area contributed by atoms with Gasteiger partial charge in [0.25, 0.3) is 5.91 Å². The number of amides is 2. The van der Waals surface area contributed by atoms with Crippen molar-refractivity contribution in [3.05, 3.63) is 94.6 Å². The highest BCUT2D eigenvalue weighted by atomic mass is 35.5. The van der Waals surface area contributed by atoms with Crippen LogP contribution in [0.25, 0.3) is 0 Å². The van der Waals surface area contributed by atoms with Crippen LogP contribution in [0.5, 0.6) is 0 Å². The number of carbonyl (C=O) groups is 2. The lowest BCUT2D eigenvalue weighted by molar-refractivity contribution is -0.116. The molecule has 1 aromatic heterocycles. The average molecular weight is 503 g/mol. The zero-order chi connectivity index (χ0) is 25.0. The van der Waals surface area contributed by atoms with Crippen LogP contribution in [-0.2, 0) is 10.2 Å². The van der Waals surface area contributed by atoms with E-state index < -0.39 is 6.04 Å². The summed E-state index contributed by atoms with van der Waals surface area (Å²) in [5.74, 6) is -0.0230. The summed E-state index contributed by atoms with van der Waals surface area (Å²) in [4.78, 5) is 32.6. The minimum absolute atomic E-state index is 0.0804. The van der Waals surface area contributed by atoms with Crippen LogP contribution >= 0.6 is 11.6 Å². The first-order chi connectivity index (χ1) is 17.5. The molecule has 1 saturated carbocycles. The fourth-order valence-corrected chi connectivity index (χ4v) is 5.15. The Balaban J connectivity index is 1.25. The SMILES string of the molecule is O=C(CC(NC(=O)c1ccc(C2(CN3CCCC3)CC2)cc1)c1ccccc1)Nc1ccc(Cl)cn1. The zero-order valence-corrected chi connectivity index (χ0v) is 21.0. The molecular formula is C29H31ClN4O2. The highest BCUT2D eigenvalue weighted by molar-refractivity contribution is 6.30. The molecule has 6 nitrogen and oxygen atoms in total. The highest BCUT2D eigenvalue weighted by Crippen LogP contribution is 2.49. The van der Waals surface area contributed by atoms with Crippen LogP contribution in [0, 0.1) is 0 Å². The van der Waals surface area contributed by atoms with Crippen molar-refractivity contribution in [3.8, 4) is 0 Å². The Morgan fingerprint density at radius 2 is 1.69 bits per heavy atom. The van der Waals surface area contributed by atoms with Gasteiger partial charge in [-0.3, -0.25) is 9.59 Å². The van der Waals surface area contributed by atoms with Crippen molar-refractivity contribution in [2.24, 2.45) is 0 Å². The lowest BCUT2D eigenvalue weighted by Gasteiger charge is -2.23. The molecule has 3 aromatic rings. The minimum Gasteiger partial charge on any atom is -0.345 e. The van der Waals surface area contributed by atoms with Gasteiger partial charge in [0.1, 0.15) is 5.82 Å². The topological polar surface area (TPSA) is 74.3 Å². The number of aromatic nitrogens is 1. The van der Waals surface area contributed by atoms with Crippen LogP contribution in [-0.4, -0.2) is 41.3 Å². The first-order valence-electron chi connectivity index (χ1n) is 12.6. The Hall–Kier alpha value is -3.22. The molecule has 1 aliphatic heterocycles. The first-order valence-corrected chi connectivity index (χ1v) is 13.0. The van der Waals surface area contributed by atoms with Gasteiger partial charge < -0.3 is 15.5 Å². The second kappa shape index (κ2) is 10.8. The molecule has 1 atom stereocenters. The largest absolute Gasteiger partial charge is 0.345 e. The lowest BCUT2D eigenvalue weighted by atomic mass is 9.94. The van der Waals surface area contributed by atoms with E-state index in [2.05, 4.69) is 32.7 Å². The third-order valence-corrected chi connectivity index (χ3v) is 7.45. The average Bonchev–Trinajstić information content (AvgIpc) is 3.50. The van der Waals surface area contributed by atoms with E-state index in [9.17, 15) is 9.59 Å². The van der Waals surface area contributed by atoms with Gasteiger partial charge >= 0.3 is 0 Å². The third-order valence-electron chi connectivity index (χ3n) is 7.23. The fraction of sp³-hybridized carbons (Fsp3) is 0.345. The van der Waals surface area contributed by atoms with E-state index in [4.69, 9.17) is 11.6 Å². The van der Waals surface area contributed by atoms with Crippen LogP contribution in [0.1, 0.15) is 59.6 Å². The maximum Gasteiger partial charge on any atom is 0.251 e. The fourth-order valence-electron chi connectivity index (χ4n) is 5.04. The number of carbonyl (C=O) groups excluding carboxylic acids is 2. The summed E-state index contributed by atoms with van der Waals surface area (Å²) in [5.41, 5.74) is 3.03. The molecule has 2 N–H and O–H groups in total. The molecule has 1 aliphatic carbocycles. The standard InChI is InChI=1S/C29H31ClN4O2/c30-24-12-13-26(31-19-24)33-27(35)18-25(21-6-2-1-3-7-21)32-28(36)22-8-10-23(11-9-22)29(14-15-29)20-34-16-4-5-17-34/h1-3,6-13,19,25H,4-5,14-18,20H2,(H,32,36)(H,31,33,35). The summed E-state index contributed by atoms with van der Waals surface area (Å²) >= 11 is 5.88. The summed E-state index contributed by atoms with van der Waals surface area (Å²) < 4.78 is 0. The van der Waals surface area contributed by atoms with Crippen molar-refractivity contribution in [1.29, 1.82) is 0 Å². The van der Waals surface area contributed by atoms with Crippen LogP contribution in [0.15, 0.2) is 72.9 Å². The number of nitrogens with zero attached hydrogens (tertiary/aromatic N) is 2. The maximum absolute atomic E-state index is 13.2. The van der Waals surface area contributed by atoms with Gasteiger partial charge in [-0.05, 0) is 74.2 Å². The van der Waals surface area contributed by atoms with Crippen molar-refractivity contribution in [2.75, 3.05) is 25.0 Å². The van der Waals surface area contributed by atoms with E-state index in [1.807, 2.05) is 42.5 Å². The number of anilines is 1. The molecule has 2 heterocycles. The van der Waals surface area contributed by atoms with Crippen LogP contribution < -0.4 is 10.6 Å². The molecule has 36 heavy (non-hydrogen) atoms.